The van der Waals surface area contributed by atoms with Gasteiger partial charge in [0.05, 0.1) is 0 Å². The summed E-state index contributed by atoms with van der Waals surface area (Å²) in [5, 5.41) is 1.84. The van der Waals surface area contributed by atoms with Crippen LogP contribution < -0.4 is 4.72 Å². The highest BCUT2D eigenvalue weighted by molar-refractivity contribution is 7.92. The van der Waals surface area contributed by atoms with Gasteiger partial charge in [0.1, 0.15) is 0 Å². The molecule has 128 valence electrons. The maximum absolute atomic E-state index is 11.9. The van der Waals surface area contributed by atoms with Crippen molar-refractivity contribution in [2.24, 2.45) is 0 Å². The van der Waals surface area contributed by atoms with Gasteiger partial charge in [0.25, 0.3) is 0 Å². The minimum Gasteiger partial charge on any atom is -0.301 e. The van der Waals surface area contributed by atoms with Gasteiger partial charge in [-0.2, -0.15) is 0 Å². The van der Waals surface area contributed by atoms with Crippen molar-refractivity contribution in [3.05, 3.63) is 40.3 Å². The van der Waals surface area contributed by atoms with E-state index in [2.05, 4.69) is 16.5 Å². The van der Waals surface area contributed by atoms with Gasteiger partial charge >= 0.3 is 0 Å². The Morgan fingerprint density at radius 3 is 2.74 bits per heavy atom. The molecule has 1 fully saturated rings. The molecule has 1 aromatic carbocycles. The van der Waals surface area contributed by atoms with Crippen LogP contribution in [0.15, 0.2) is 29.7 Å². The summed E-state index contributed by atoms with van der Waals surface area (Å²) in [6.07, 6.45) is 6.21. The maximum Gasteiger partial charge on any atom is 0.233 e. The standard InChI is InChI=1S/C17H25ClN2O2S/c1-15-5-2-3-12-20(15)13-4-11-19-23(21,22)14-10-16-6-8-17(18)9-7-16/h6-10,14-15,19H,2-5,11-13H2,1H3/b14-10+. The number of hydrogen-bond donors (Lipinski definition) is 1. The molecule has 4 nitrogen and oxygen atoms in total. The molecule has 0 amide bonds. The zero-order valence-electron chi connectivity index (χ0n) is 13.5. The first kappa shape index (κ1) is 18.5. The average molecular weight is 357 g/mol. The fourth-order valence-electron chi connectivity index (χ4n) is 2.78. The van der Waals surface area contributed by atoms with Crippen LogP contribution in [-0.2, 0) is 10.0 Å². The summed E-state index contributed by atoms with van der Waals surface area (Å²) in [6, 6.07) is 7.66. The number of hydrogen-bond acceptors (Lipinski definition) is 3. The van der Waals surface area contributed by atoms with Crippen molar-refractivity contribution in [3.63, 3.8) is 0 Å². The molecule has 1 heterocycles. The quantitative estimate of drug-likeness (QED) is 0.761. The third-order valence-electron chi connectivity index (χ3n) is 4.18. The maximum atomic E-state index is 11.9. The second-order valence-corrected chi connectivity index (χ2v) is 8.12. The molecular formula is C17H25ClN2O2S. The predicted octanol–water partition coefficient (Wildman–Crippen LogP) is 3.49. The van der Waals surface area contributed by atoms with Crippen molar-refractivity contribution < 1.29 is 8.42 Å². The van der Waals surface area contributed by atoms with Gasteiger partial charge in [0, 0.05) is 23.0 Å². The number of sulfonamides is 1. The van der Waals surface area contributed by atoms with E-state index < -0.39 is 10.0 Å². The van der Waals surface area contributed by atoms with Gasteiger partial charge in [-0.1, -0.05) is 30.2 Å². The second-order valence-electron chi connectivity index (χ2n) is 6.03. The molecule has 1 aliphatic heterocycles. The van der Waals surface area contributed by atoms with E-state index in [1.807, 2.05) is 0 Å². The van der Waals surface area contributed by atoms with Crippen LogP contribution in [-0.4, -0.2) is 39.0 Å². The highest BCUT2D eigenvalue weighted by Gasteiger charge is 2.17. The molecule has 0 bridgehead atoms. The van der Waals surface area contributed by atoms with Crippen molar-refractivity contribution in [2.45, 2.75) is 38.6 Å². The minimum atomic E-state index is -3.39. The second kappa shape index (κ2) is 8.83. The molecule has 0 aromatic heterocycles. The van der Waals surface area contributed by atoms with Crippen molar-refractivity contribution in [2.75, 3.05) is 19.6 Å². The minimum absolute atomic E-state index is 0.469. The first-order valence-corrected chi connectivity index (χ1v) is 10.1. The van der Waals surface area contributed by atoms with E-state index in [0.29, 0.717) is 17.6 Å². The smallest absolute Gasteiger partial charge is 0.233 e. The SMILES string of the molecule is CC1CCCCN1CCCNS(=O)(=O)/C=C/c1ccc(Cl)cc1. The number of benzene rings is 1. The van der Waals surface area contributed by atoms with Crippen LogP contribution in [0.3, 0.4) is 0 Å². The van der Waals surface area contributed by atoms with E-state index in [9.17, 15) is 8.42 Å². The number of rotatable bonds is 7. The number of nitrogens with zero attached hydrogens (tertiary/aromatic N) is 1. The monoisotopic (exact) mass is 356 g/mol. The van der Waals surface area contributed by atoms with E-state index in [-0.39, 0.29) is 0 Å². The molecule has 0 saturated carbocycles. The molecule has 1 aromatic rings. The summed E-state index contributed by atoms with van der Waals surface area (Å²) >= 11 is 5.80. The molecule has 2 rings (SSSR count). The number of likely N-dealkylation sites (tertiary alicyclic amines) is 1. The van der Waals surface area contributed by atoms with Gasteiger partial charge in [-0.15, -0.1) is 0 Å². The summed E-state index contributed by atoms with van der Waals surface area (Å²) < 4.78 is 26.5. The Bertz CT molecular complexity index is 614. The fraction of sp³-hybridized carbons (Fsp3) is 0.529. The van der Waals surface area contributed by atoms with Crippen LogP contribution in [0.5, 0.6) is 0 Å². The van der Waals surface area contributed by atoms with Gasteiger partial charge in [-0.25, -0.2) is 13.1 Å². The van der Waals surface area contributed by atoms with E-state index in [1.165, 1.54) is 24.7 Å². The molecule has 1 aliphatic rings. The lowest BCUT2D eigenvalue weighted by Gasteiger charge is -2.33. The van der Waals surface area contributed by atoms with E-state index in [1.54, 1.807) is 30.3 Å². The molecule has 23 heavy (non-hydrogen) atoms. The first-order valence-electron chi connectivity index (χ1n) is 8.14. The lowest BCUT2D eigenvalue weighted by molar-refractivity contribution is 0.159. The van der Waals surface area contributed by atoms with Crippen LogP contribution in [0, 0.1) is 0 Å². The van der Waals surface area contributed by atoms with Crippen molar-refractivity contribution in [1.29, 1.82) is 0 Å². The summed E-state index contributed by atoms with van der Waals surface area (Å²) in [4.78, 5) is 2.45. The summed E-state index contributed by atoms with van der Waals surface area (Å²) in [6.45, 7) is 4.80. The van der Waals surface area contributed by atoms with Crippen molar-refractivity contribution >= 4 is 27.7 Å². The van der Waals surface area contributed by atoms with Gasteiger partial charge in [0.2, 0.25) is 10.0 Å². The number of halogens is 1. The Balaban J connectivity index is 1.74. The molecule has 0 radical (unpaired) electrons. The first-order chi connectivity index (χ1) is 11.0. The van der Waals surface area contributed by atoms with Gasteiger partial charge < -0.3 is 4.90 Å². The third kappa shape index (κ3) is 6.63. The highest BCUT2D eigenvalue weighted by atomic mass is 35.5. The molecule has 1 saturated heterocycles. The van der Waals surface area contributed by atoms with Crippen molar-refractivity contribution in [1.82, 2.24) is 9.62 Å². The van der Waals surface area contributed by atoms with Crippen LogP contribution in [0.2, 0.25) is 5.02 Å². The Morgan fingerprint density at radius 2 is 2.04 bits per heavy atom. The summed E-state index contributed by atoms with van der Waals surface area (Å²) in [7, 11) is -3.39. The van der Waals surface area contributed by atoms with Crippen molar-refractivity contribution in [3.8, 4) is 0 Å². The third-order valence-corrected chi connectivity index (χ3v) is 5.53. The lowest BCUT2D eigenvalue weighted by Crippen LogP contribution is -2.39. The lowest BCUT2D eigenvalue weighted by atomic mass is 10.0. The molecule has 1 N–H and O–H groups in total. The molecule has 0 spiro atoms. The van der Waals surface area contributed by atoms with Crippen LogP contribution in [0.4, 0.5) is 0 Å². The van der Waals surface area contributed by atoms with E-state index >= 15 is 0 Å². The molecule has 1 atom stereocenters. The Morgan fingerprint density at radius 1 is 1.30 bits per heavy atom. The van der Waals surface area contributed by atoms with E-state index in [0.717, 1.165) is 25.1 Å². The Kier molecular flexibility index (Phi) is 7.09. The predicted molar refractivity (Wildman–Crippen MR) is 96.9 cm³/mol. The Labute approximate surface area is 144 Å². The fourth-order valence-corrected chi connectivity index (χ4v) is 3.76. The topological polar surface area (TPSA) is 49.4 Å². The highest BCUT2D eigenvalue weighted by Crippen LogP contribution is 2.16. The van der Waals surface area contributed by atoms with Gasteiger partial charge in [-0.3, -0.25) is 0 Å². The molecular weight excluding hydrogens is 332 g/mol. The summed E-state index contributed by atoms with van der Waals surface area (Å²) in [5.41, 5.74) is 0.807. The zero-order chi connectivity index (χ0) is 16.7. The van der Waals surface area contributed by atoms with Gasteiger partial charge in [0.15, 0.2) is 0 Å². The average Bonchev–Trinajstić information content (AvgIpc) is 2.53. The molecule has 6 heteroatoms. The van der Waals surface area contributed by atoms with Gasteiger partial charge in [-0.05, 0) is 63.0 Å². The van der Waals surface area contributed by atoms with Crippen LogP contribution in [0.25, 0.3) is 6.08 Å². The van der Waals surface area contributed by atoms with Crippen LogP contribution in [0.1, 0.15) is 38.2 Å². The molecule has 1 unspecified atom stereocenters. The summed E-state index contributed by atoms with van der Waals surface area (Å²) in [5.74, 6) is 0. The van der Waals surface area contributed by atoms with E-state index in [4.69, 9.17) is 11.6 Å². The molecule has 0 aliphatic carbocycles. The number of nitrogens with one attached hydrogen (secondary N) is 1. The largest absolute Gasteiger partial charge is 0.301 e. The van der Waals surface area contributed by atoms with Crippen LogP contribution >= 0.6 is 11.6 Å². The zero-order valence-corrected chi connectivity index (χ0v) is 15.1. The normalized spacial score (nSPS) is 20.2. The Hall–Kier alpha value is -0.880. The number of piperidine rings is 1.